The molecule has 1 aromatic heterocycles. The van der Waals surface area contributed by atoms with E-state index in [1.807, 2.05) is 23.1 Å². The van der Waals surface area contributed by atoms with E-state index in [0.717, 1.165) is 66.1 Å². The zero-order valence-electron chi connectivity index (χ0n) is 35.7. The molecule has 0 aliphatic carbocycles. The maximum absolute atomic E-state index is 15.0. The molecule has 10 heteroatoms. The number of fused-ring (bicyclic) bond motifs is 2. The number of rotatable bonds is 11. The summed E-state index contributed by atoms with van der Waals surface area (Å²) in [6, 6.07) is 47.2. The highest BCUT2D eigenvalue weighted by atomic mass is 16.5. The molecule has 3 fully saturated rings. The van der Waals surface area contributed by atoms with Crippen molar-refractivity contribution in [2.24, 2.45) is 0 Å². The van der Waals surface area contributed by atoms with Crippen LogP contribution < -0.4 is 14.5 Å². The fraction of sp³-hybridized carbons (Fsp3) is 0.346. The predicted octanol–water partition coefficient (Wildman–Crippen LogP) is 7.58. The van der Waals surface area contributed by atoms with Gasteiger partial charge in [-0.05, 0) is 73.5 Å². The van der Waals surface area contributed by atoms with E-state index in [1.165, 1.54) is 22.0 Å². The number of nitrogens with zero attached hydrogens (tertiary/aromatic N) is 8. The number of likely N-dealkylation sites (tertiary alicyclic amines) is 1. The molecule has 0 bridgehead atoms. The van der Waals surface area contributed by atoms with Crippen LogP contribution in [0.1, 0.15) is 52.8 Å². The van der Waals surface area contributed by atoms with Crippen molar-refractivity contribution in [1.82, 2.24) is 24.7 Å². The van der Waals surface area contributed by atoms with Gasteiger partial charge in [0.05, 0.1) is 36.3 Å². The van der Waals surface area contributed by atoms with Crippen molar-refractivity contribution in [3.63, 3.8) is 0 Å². The first-order valence-corrected chi connectivity index (χ1v) is 22.3. The number of benzene rings is 5. The van der Waals surface area contributed by atoms with Gasteiger partial charge in [-0.1, -0.05) is 121 Å². The number of piperazine rings is 1. The van der Waals surface area contributed by atoms with E-state index < -0.39 is 5.54 Å². The van der Waals surface area contributed by atoms with Crippen LogP contribution in [-0.4, -0.2) is 102 Å². The summed E-state index contributed by atoms with van der Waals surface area (Å²) < 4.78 is 6.48. The van der Waals surface area contributed by atoms with E-state index in [0.29, 0.717) is 51.4 Å². The molecule has 3 saturated heterocycles. The van der Waals surface area contributed by atoms with Crippen molar-refractivity contribution in [2.75, 3.05) is 62.7 Å². The predicted molar refractivity (Wildman–Crippen MR) is 244 cm³/mol. The molecular formula is C52H54N8O2. The Labute approximate surface area is 365 Å². The average Bonchev–Trinajstić information content (AvgIpc) is 4.01. The molecule has 0 spiro atoms. The van der Waals surface area contributed by atoms with E-state index in [2.05, 4.69) is 149 Å². The number of amides is 1. The van der Waals surface area contributed by atoms with E-state index >= 15 is 0 Å². The van der Waals surface area contributed by atoms with E-state index in [-0.39, 0.29) is 24.4 Å². The zero-order valence-corrected chi connectivity index (χ0v) is 35.7. The molecule has 0 radical (unpaired) electrons. The number of hydrogen-bond donors (Lipinski definition) is 0. The lowest BCUT2D eigenvalue weighted by molar-refractivity contribution is -0.134. The van der Waals surface area contributed by atoms with Gasteiger partial charge in [-0.25, -0.2) is 0 Å². The van der Waals surface area contributed by atoms with Crippen LogP contribution in [0.25, 0.3) is 10.8 Å². The van der Waals surface area contributed by atoms with E-state index in [9.17, 15) is 10.1 Å². The number of carbonyl (C=O) groups is 1. The van der Waals surface area contributed by atoms with Gasteiger partial charge < -0.3 is 24.3 Å². The Hall–Kier alpha value is -6.28. The monoisotopic (exact) mass is 822 g/mol. The second-order valence-corrected chi connectivity index (χ2v) is 17.4. The normalized spacial score (nSPS) is 21.4. The molecule has 62 heavy (non-hydrogen) atoms. The Morgan fingerprint density at radius 3 is 2.10 bits per heavy atom. The third-order valence-electron chi connectivity index (χ3n) is 13.8. The van der Waals surface area contributed by atoms with Crippen molar-refractivity contribution < 1.29 is 9.53 Å². The summed E-state index contributed by atoms with van der Waals surface area (Å²) in [5.41, 5.74) is 7.26. The Morgan fingerprint density at radius 1 is 0.774 bits per heavy atom. The molecule has 4 aliphatic heterocycles. The summed E-state index contributed by atoms with van der Waals surface area (Å²) in [5, 5.41) is 12.8. The maximum atomic E-state index is 15.0. The first-order chi connectivity index (χ1) is 30.4. The van der Waals surface area contributed by atoms with Gasteiger partial charge in [-0.3, -0.25) is 9.69 Å². The molecule has 0 saturated carbocycles. The van der Waals surface area contributed by atoms with Crippen molar-refractivity contribution in [2.45, 2.75) is 62.8 Å². The van der Waals surface area contributed by atoms with Gasteiger partial charge in [0.25, 0.3) is 0 Å². The fourth-order valence-electron chi connectivity index (χ4n) is 10.6. The molecule has 10 rings (SSSR count). The summed E-state index contributed by atoms with van der Waals surface area (Å²) in [5.74, 6) is 0.949. The third kappa shape index (κ3) is 7.23. The summed E-state index contributed by atoms with van der Waals surface area (Å²) >= 11 is 0. The highest BCUT2D eigenvalue weighted by molar-refractivity contribution is 5.97. The summed E-state index contributed by atoms with van der Waals surface area (Å²) in [4.78, 5) is 36.7. The van der Waals surface area contributed by atoms with Gasteiger partial charge >= 0.3 is 6.01 Å². The van der Waals surface area contributed by atoms with Crippen LogP contribution >= 0.6 is 0 Å². The Balaban J connectivity index is 0.951. The van der Waals surface area contributed by atoms with Crippen LogP contribution in [-0.2, 0) is 23.3 Å². The molecule has 4 atom stereocenters. The summed E-state index contributed by atoms with van der Waals surface area (Å²) in [6.45, 7) is 7.47. The number of ether oxygens (including phenoxy) is 1. The number of carbonyl (C=O) groups excluding carboxylic acids is 1. The number of nitriles is 1. The SMILES string of the molecule is Cc1cccc2cccc(N3CCc4c(nc(OCC5CCCN5C)nc4N4CCN(C(=O)C5C[N@@]5C(c5ccccc5)(c5ccccc5)c5ccccc5)C(CC#N)C4)C3)c12. The van der Waals surface area contributed by atoms with E-state index in [1.54, 1.807) is 0 Å². The molecule has 10 nitrogen and oxygen atoms in total. The van der Waals surface area contributed by atoms with Gasteiger partial charge in [0.2, 0.25) is 5.91 Å². The first kappa shape index (κ1) is 39.8. The minimum absolute atomic E-state index is 0.0764. The number of hydrogen-bond acceptors (Lipinski definition) is 9. The van der Waals surface area contributed by atoms with Crippen molar-refractivity contribution >= 4 is 28.2 Å². The largest absolute Gasteiger partial charge is 0.462 e. The second-order valence-electron chi connectivity index (χ2n) is 17.4. The van der Waals surface area contributed by atoms with Crippen molar-refractivity contribution in [3.8, 4) is 12.1 Å². The maximum Gasteiger partial charge on any atom is 0.318 e. The van der Waals surface area contributed by atoms with Crippen LogP contribution in [0.15, 0.2) is 127 Å². The fourth-order valence-corrected chi connectivity index (χ4v) is 10.6. The molecule has 0 N–H and O–H groups in total. The lowest BCUT2D eigenvalue weighted by Crippen LogP contribution is -2.57. The van der Waals surface area contributed by atoms with Crippen LogP contribution in [0.4, 0.5) is 11.5 Å². The number of likely N-dealkylation sites (N-methyl/N-ethyl adjacent to an activating group) is 1. The minimum atomic E-state index is -0.668. The Kier molecular flexibility index (Phi) is 10.8. The quantitative estimate of drug-likeness (QED) is 0.0970. The molecule has 3 unspecified atom stereocenters. The zero-order chi connectivity index (χ0) is 42.2. The topological polar surface area (TPSA) is 91.8 Å². The van der Waals surface area contributed by atoms with Crippen LogP contribution in [0, 0.1) is 18.3 Å². The molecule has 4 aliphatic rings. The first-order valence-electron chi connectivity index (χ1n) is 22.3. The van der Waals surface area contributed by atoms with Crippen LogP contribution in [0.5, 0.6) is 6.01 Å². The smallest absolute Gasteiger partial charge is 0.318 e. The lowest BCUT2D eigenvalue weighted by atomic mass is 9.76. The Morgan fingerprint density at radius 2 is 1.45 bits per heavy atom. The summed E-state index contributed by atoms with van der Waals surface area (Å²) in [7, 11) is 2.16. The van der Waals surface area contributed by atoms with Gasteiger partial charge in [0.15, 0.2) is 0 Å². The molecule has 5 heterocycles. The molecule has 1 amide bonds. The highest BCUT2D eigenvalue weighted by Crippen LogP contribution is 2.49. The third-order valence-corrected chi connectivity index (χ3v) is 13.8. The van der Waals surface area contributed by atoms with Crippen molar-refractivity contribution in [3.05, 3.63) is 161 Å². The summed E-state index contributed by atoms with van der Waals surface area (Å²) in [6.07, 6.45) is 3.26. The second kappa shape index (κ2) is 16.9. The van der Waals surface area contributed by atoms with Crippen LogP contribution in [0.2, 0.25) is 0 Å². The Bertz CT molecular complexity index is 2500. The molecule has 6 aromatic rings. The van der Waals surface area contributed by atoms with Crippen LogP contribution in [0.3, 0.4) is 0 Å². The van der Waals surface area contributed by atoms with Gasteiger partial charge in [0.1, 0.15) is 18.5 Å². The minimum Gasteiger partial charge on any atom is -0.462 e. The highest BCUT2D eigenvalue weighted by Gasteiger charge is 2.57. The molecular weight excluding hydrogens is 769 g/mol. The molecule has 5 aromatic carbocycles. The lowest BCUT2D eigenvalue weighted by Gasteiger charge is -2.43. The van der Waals surface area contributed by atoms with Gasteiger partial charge in [-0.15, -0.1) is 0 Å². The number of aryl methyl sites for hydroxylation is 1. The molecule has 314 valence electrons. The number of anilines is 2. The average molecular weight is 823 g/mol. The van der Waals surface area contributed by atoms with Gasteiger partial charge in [0, 0.05) is 55.4 Å². The van der Waals surface area contributed by atoms with E-state index in [4.69, 9.17) is 14.7 Å². The van der Waals surface area contributed by atoms with Gasteiger partial charge in [-0.2, -0.15) is 15.2 Å². The standard InChI is InChI=1S/C52H54N8O2/c1-37-15-12-16-38-17-13-25-46(48(37)38)57-30-27-44-45(34-57)54-51(62-36-43-24-14-29-56(43)2)55-49(44)58-31-32-59(42(33-58)26-28-53)50(61)47-35-60(47)52(39-18-6-3-7-19-39,40-20-8-4-9-21-40)41-22-10-5-11-23-41/h3-13,15-23,25,42-43,47H,14,24,26-27,29-36H2,1-2H3/t42?,43?,47?,60-/m1/s1. The number of aromatic nitrogens is 2. The van der Waals surface area contributed by atoms with Crippen molar-refractivity contribution in [1.29, 1.82) is 5.26 Å².